The van der Waals surface area contributed by atoms with Crippen LogP contribution in [0.1, 0.15) is 22.6 Å². The first-order chi connectivity index (χ1) is 12.7. The van der Waals surface area contributed by atoms with Gasteiger partial charge in [0.25, 0.3) is 0 Å². The van der Waals surface area contributed by atoms with E-state index in [9.17, 15) is 0 Å². The van der Waals surface area contributed by atoms with Gasteiger partial charge in [-0.15, -0.1) is 0 Å². The summed E-state index contributed by atoms with van der Waals surface area (Å²) in [6.07, 6.45) is 0. The monoisotopic (exact) mass is 410 g/mol. The van der Waals surface area contributed by atoms with Crippen molar-refractivity contribution in [2.24, 2.45) is 0 Å². The third-order valence-electron chi connectivity index (χ3n) is 4.92. The van der Waals surface area contributed by atoms with Gasteiger partial charge in [-0.25, -0.2) is 0 Å². The fraction of sp³-hybridized carbons (Fsp3) is 0.182. The number of halogens is 1. The second-order valence-electron chi connectivity index (χ2n) is 6.18. The summed E-state index contributed by atoms with van der Waals surface area (Å²) in [5.74, 6) is 2.12. The van der Waals surface area contributed by atoms with Crippen molar-refractivity contribution < 1.29 is 14.2 Å². The fourth-order valence-electron chi connectivity index (χ4n) is 3.84. The van der Waals surface area contributed by atoms with Crippen LogP contribution in [0.5, 0.6) is 17.2 Å². The van der Waals surface area contributed by atoms with E-state index in [1.807, 2.05) is 6.07 Å². The third kappa shape index (κ3) is 2.48. The van der Waals surface area contributed by atoms with Crippen molar-refractivity contribution in [2.45, 2.75) is 5.92 Å². The van der Waals surface area contributed by atoms with Crippen LogP contribution in [0, 0.1) is 0 Å². The quantitative estimate of drug-likeness (QED) is 0.435. The van der Waals surface area contributed by atoms with E-state index in [0.29, 0.717) is 11.5 Å². The van der Waals surface area contributed by atoms with E-state index in [1.165, 1.54) is 16.7 Å². The van der Waals surface area contributed by atoms with Gasteiger partial charge in [0.2, 0.25) is 5.75 Å². The number of ether oxygens (including phenoxy) is 3. The highest BCUT2D eigenvalue weighted by Crippen LogP contribution is 2.56. The molecule has 0 radical (unpaired) electrons. The largest absolute Gasteiger partial charge is 0.493 e. The van der Waals surface area contributed by atoms with E-state index in [1.54, 1.807) is 21.3 Å². The smallest absolute Gasteiger partial charge is 0.203 e. The third-order valence-corrected chi connectivity index (χ3v) is 5.45. The predicted octanol–water partition coefficient (Wildman–Crippen LogP) is 5.64. The van der Waals surface area contributed by atoms with Gasteiger partial charge in [-0.2, -0.15) is 0 Å². The molecule has 1 unspecified atom stereocenters. The van der Waals surface area contributed by atoms with Crippen molar-refractivity contribution >= 4 is 15.9 Å². The van der Waals surface area contributed by atoms with Crippen LogP contribution in [0.3, 0.4) is 0 Å². The minimum atomic E-state index is 0.0871. The highest BCUT2D eigenvalue weighted by atomic mass is 79.9. The molecule has 0 amide bonds. The van der Waals surface area contributed by atoms with Crippen LogP contribution in [0.2, 0.25) is 0 Å². The summed E-state index contributed by atoms with van der Waals surface area (Å²) in [7, 11) is 4.97. The predicted molar refractivity (Wildman–Crippen MR) is 107 cm³/mol. The Morgan fingerprint density at radius 1 is 0.769 bits per heavy atom. The van der Waals surface area contributed by atoms with Crippen LogP contribution in [0.25, 0.3) is 11.1 Å². The second-order valence-corrected chi connectivity index (χ2v) is 7.09. The van der Waals surface area contributed by atoms with Gasteiger partial charge in [0.1, 0.15) is 0 Å². The number of rotatable bonds is 4. The Balaban J connectivity index is 2.06. The van der Waals surface area contributed by atoms with Crippen molar-refractivity contribution in [3.05, 3.63) is 75.8 Å². The first-order valence-corrected chi connectivity index (χ1v) is 9.16. The SMILES string of the molecule is COc1cc2c(c(OC)c1OC)C(c1ccc(Br)cc1)c1ccccc1-2. The molecule has 3 aromatic carbocycles. The average molecular weight is 411 g/mol. The molecule has 0 N–H and O–H groups in total. The van der Waals surface area contributed by atoms with Gasteiger partial charge in [-0.05, 0) is 40.5 Å². The molecule has 1 atom stereocenters. The Labute approximate surface area is 161 Å². The van der Waals surface area contributed by atoms with Gasteiger partial charge in [0.15, 0.2) is 11.5 Å². The first-order valence-electron chi connectivity index (χ1n) is 8.37. The van der Waals surface area contributed by atoms with E-state index in [2.05, 4.69) is 64.5 Å². The van der Waals surface area contributed by atoms with Crippen molar-refractivity contribution in [3.63, 3.8) is 0 Å². The van der Waals surface area contributed by atoms with Crippen molar-refractivity contribution in [3.8, 4) is 28.4 Å². The summed E-state index contributed by atoms with van der Waals surface area (Å²) < 4.78 is 18.1. The molecule has 0 saturated carbocycles. The van der Waals surface area contributed by atoms with Crippen LogP contribution < -0.4 is 14.2 Å². The molecule has 26 heavy (non-hydrogen) atoms. The number of fused-ring (bicyclic) bond motifs is 3. The van der Waals surface area contributed by atoms with Crippen LogP contribution >= 0.6 is 15.9 Å². The standard InChI is InChI=1S/C22H19BrO3/c1-24-18-12-17-15-6-4-5-7-16(15)19(13-8-10-14(23)11-9-13)20(17)22(26-3)21(18)25-2/h4-12,19H,1-3H3. The maximum Gasteiger partial charge on any atom is 0.203 e. The lowest BCUT2D eigenvalue weighted by molar-refractivity contribution is 0.322. The molecular formula is C22H19BrO3. The Morgan fingerprint density at radius 2 is 1.46 bits per heavy atom. The van der Waals surface area contributed by atoms with Gasteiger partial charge < -0.3 is 14.2 Å². The molecule has 1 aliphatic carbocycles. The molecule has 0 aromatic heterocycles. The average Bonchev–Trinajstić information content (AvgIpc) is 3.01. The zero-order valence-corrected chi connectivity index (χ0v) is 16.5. The summed E-state index contributed by atoms with van der Waals surface area (Å²) in [5.41, 5.74) is 5.93. The van der Waals surface area contributed by atoms with Gasteiger partial charge in [0, 0.05) is 16.0 Å². The molecule has 4 heteroatoms. The molecule has 3 aromatic rings. The van der Waals surface area contributed by atoms with E-state index in [4.69, 9.17) is 14.2 Å². The Kier molecular flexibility index (Phi) is 4.37. The summed E-state index contributed by atoms with van der Waals surface area (Å²) in [6, 6.07) is 19.0. The van der Waals surface area contributed by atoms with Crippen LogP contribution in [0.4, 0.5) is 0 Å². The summed E-state index contributed by atoms with van der Waals surface area (Å²) in [5, 5.41) is 0. The highest BCUT2D eigenvalue weighted by molar-refractivity contribution is 9.10. The van der Waals surface area contributed by atoms with Crippen LogP contribution in [0.15, 0.2) is 59.1 Å². The zero-order chi connectivity index (χ0) is 18.3. The topological polar surface area (TPSA) is 27.7 Å². The van der Waals surface area contributed by atoms with E-state index in [0.717, 1.165) is 21.3 Å². The molecule has 0 heterocycles. The summed E-state index contributed by atoms with van der Waals surface area (Å²) in [4.78, 5) is 0. The number of hydrogen-bond donors (Lipinski definition) is 0. The maximum absolute atomic E-state index is 5.81. The minimum absolute atomic E-state index is 0.0871. The van der Waals surface area contributed by atoms with Gasteiger partial charge in [-0.3, -0.25) is 0 Å². The van der Waals surface area contributed by atoms with Crippen molar-refractivity contribution in [2.75, 3.05) is 21.3 Å². The minimum Gasteiger partial charge on any atom is -0.493 e. The fourth-order valence-corrected chi connectivity index (χ4v) is 4.10. The lowest BCUT2D eigenvalue weighted by Crippen LogP contribution is -2.04. The Morgan fingerprint density at radius 3 is 2.12 bits per heavy atom. The summed E-state index contributed by atoms with van der Waals surface area (Å²) in [6.45, 7) is 0. The molecule has 0 saturated heterocycles. The van der Waals surface area contributed by atoms with E-state index >= 15 is 0 Å². The molecule has 0 fully saturated rings. The molecule has 0 spiro atoms. The summed E-state index contributed by atoms with van der Waals surface area (Å²) >= 11 is 3.53. The molecule has 3 nitrogen and oxygen atoms in total. The van der Waals surface area contributed by atoms with Gasteiger partial charge >= 0.3 is 0 Å². The normalized spacial score (nSPS) is 14.5. The number of hydrogen-bond acceptors (Lipinski definition) is 3. The maximum atomic E-state index is 5.81. The van der Waals surface area contributed by atoms with Crippen LogP contribution in [-0.2, 0) is 0 Å². The number of methoxy groups -OCH3 is 3. The second kappa shape index (κ2) is 6.69. The van der Waals surface area contributed by atoms with E-state index < -0.39 is 0 Å². The molecule has 0 bridgehead atoms. The van der Waals surface area contributed by atoms with Crippen molar-refractivity contribution in [1.82, 2.24) is 0 Å². The molecule has 132 valence electrons. The highest BCUT2D eigenvalue weighted by Gasteiger charge is 2.35. The lowest BCUT2D eigenvalue weighted by atomic mass is 9.88. The van der Waals surface area contributed by atoms with Gasteiger partial charge in [-0.1, -0.05) is 52.3 Å². The van der Waals surface area contributed by atoms with Crippen molar-refractivity contribution in [1.29, 1.82) is 0 Å². The Bertz CT molecular complexity index is 964. The molecule has 4 rings (SSSR count). The molecule has 0 aliphatic heterocycles. The molecule has 1 aliphatic rings. The first kappa shape index (κ1) is 17.0. The van der Waals surface area contributed by atoms with Gasteiger partial charge in [0.05, 0.1) is 21.3 Å². The molecular weight excluding hydrogens is 392 g/mol. The van der Waals surface area contributed by atoms with E-state index in [-0.39, 0.29) is 5.92 Å². The number of benzene rings is 3. The Hall–Kier alpha value is -2.46. The lowest BCUT2D eigenvalue weighted by Gasteiger charge is -2.20. The zero-order valence-electron chi connectivity index (χ0n) is 14.9. The van der Waals surface area contributed by atoms with Crippen LogP contribution in [-0.4, -0.2) is 21.3 Å².